The van der Waals surface area contributed by atoms with Crippen LogP contribution in [0.15, 0.2) is 30.6 Å². The van der Waals surface area contributed by atoms with Crippen molar-refractivity contribution in [1.82, 2.24) is 25.0 Å². The van der Waals surface area contributed by atoms with Gasteiger partial charge >= 0.3 is 12.2 Å². The van der Waals surface area contributed by atoms with E-state index in [0.29, 0.717) is 12.2 Å². The maximum atomic E-state index is 13.0. The summed E-state index contributed by atoms with van der Waals surface area (Å²) in [6.07, 6.45) is -1.13. The molecule has 2 heterocycles. The lowest BCUT2D eigenvalue weighted by Gasteiger charge is -2.20. The predicted molar refractivity (Wildman–Crippen MR) is 90.2 cm³/mol. The van der Waals surface area contributed by atoms with Crippen molar-refractivity contribution in [3.05, 3.63) is 47.5 Å². The van der Waals surface area contributed by atoms with E-state index in [1.807, 2.05) is 6.07 Å². The van der Waals surface area contributed by atoms with Gasteiger partial charge in [-0.2, -0.15) is 18.3 Å². The van der Waals surface area contributed by atoms with Crippen molar-refractivity contribution in [1.29, 1.82) is 0 Å². The molecule has 0 saturated heterocycles. The highest BCUT2D eigenvalue weighted by Crippen LogP contribution is 2.30. The average molecular weight is 369 g/mol. The van der Waals surface area contributed by atoms with Gasteiger partial charge in [-0.3, -0.25) is 9.67 Å². The van der Waals surface area contributed by atoms with Crippen molar-refractivity contribution < 1.29 is 18.0 Å². The summed E-state index contributed by atoms with van der Waals surface area (Å²) in [5.74, 6) is -0.217. The topological polar surface area (TPSA) is 63.1 Å². The molecule has 142 valence electrons. The number of pyridine rings is 1. The molecule has 0 aromatic carbocycles. The lowest BCUT2D eigenvalue weighted by molar-refractivity contribution is -0.144. The second-order valence-electron chi connectivity index (χ2n) is 6.36. The normalized spacial score (nSPS) is 12.7. The molecule has 2 aromatic rings. The van der Waals surface area contributed by atoms with Gasteiger partial charge in [-0.15, -0.1) is 0 Å². The number of aryl methyl sites for hydroxylation is 1. The van der Waals surface area contributed by atoms with Crippen molar-refractivity contribution in [2.75, 3.05) is 13.6 Å². The molecule has 26 heavy (non-hydrogen) atoms. The number of hydrogen-bond acceptors (Lipinski definition) is 3. The standard InChI is InChI=1S/C17H22F3N5O/c1-12(10-25-15(17(18,19)20)7-13(2)23-25)8-22-16(26)24(3)11-14-5-4-6-21-9-14/h4-7,9,12H,8,10-11H2,1-3H3,(H,22,26). The maximum Gasteiger partial charge on any atom is 0.433 e. The molecule has 0 aliphatic heterocycles. The minimum absolute atomic E-state index is 0.0648. The smallest absolute Gasteiger partial charge is 0.338 e. The molecule has 0 bridgehead atoms. The zero-order valence-electron chi connectivity index (χ0n) is 14.9. The van der Waals surface area contributed by atoms with Gasteiger partial charge in [0.1, 0.15) is 5.69 Å². The molecule has 0 radical (unpaired) electrons. The maximum absolute atomic E-state index is 13.0. The zero-order valence-corrected chi connectivity index (χ0v) is 14.9. The number of nitrogens with zero attached hydrogens (tertiary/aromatic N) is 4. The fourth-order valence-corrected chi connectivity index (χ4v) is 2.51. The number of carbonyl (C=O) groups is 1. The van der Waals surface area contributed by atoms with Crippen LogP contribution in [0.25, 0.3) is 0 Å². The van der Waals surface area contributed by atoms with E-state index in [0.717, 1.165) is 16.3 Å². The summed E-state index contributed by atoms with van der Waals surface area (Å²) in [5, 5.41) is 6.63. The molecule has 1 atom stereocenters. The molecule has 0 aliphatic carbocycles. The van der Waals surface area contributed by atoms with E-state index in [4.69, 9.17) is 0 Å². The van der Waals surface area contributed by atoms with E-state index in [1.165, 1.54) is 11.8 Å². The fourth-order valence-electron chi connectivity index (χ4n) is 2.51. The highest BCUT2D eigenvalue weighted by atomic mass is 19.4. The van der Waals surface area contributed by atoms with Crippen LogP contribution in [0.4, 0.5) is 18.0 Å². The molecule has 0 spiro atoms. The number of rotatable bonds is 6. The minimum atomic E-state index is -4.45. The van der Waals surface area contributed by atoms with Crippen LogP contribution >= 0.6 is 0 Å². The molecular formula is C17H22F3N5O. The van der Waals surface area contributed by atoms with Crippen LogP contribution in [-0.4, -0.2) is 39.3 Å². The Kier molecular flexibility index (Phi) is 6.23. The van der Waals surface area contributed by atoms with E-state index < -0.39 is 11.9 Å². The molecule has 0 fully saturated rings. The Labute approximate surface area is 150 Å². The van der Waals surface area contributed by atoms with Crippen molar-refractivity contribution in [3.8, 4) is 0 Å². The Bertz CT molecular complexity index is 730. The molecule has 2 aromatic heterocycles. The van der Waals surface area contributed by atoms with Crippen LogP contribution in [0.2, 0.25) is 0 Å². The van der Waals surface area contributed by atoms with E-state index in [2.05, 4.69) is 15.4 Å². The van der Waals surface area contributed by atoms with E-state index in [-0.39, 0.29) is 25.0 Å². The number of aromatic nitrogens is 3. The number of alkyl halides is 3. The first-order chi connectivity index (χ1) is 12.2. The number of halogens is 3. The van der Waals surface area contributed by atoms with Crippen molar-refractivity contribution >= 4 is 6.03 Å². The van der Waals surface area contributed by atoms with Gasteiger partial charge in [-0.1, -0.05) is 13.0 Å². The lowest BCUT2D eigenvalue weighted by atomic mass is 10.2. The van der Waals surface area contributed by atoms with E-state index in [9.17, 15) is 18.0 Å². The molecule has 2 amide bonds. The zero-order chi connectivity index (χ0) is 19.3. The van der Waals surface area contributed by atoms with Gasteiger partial charge in [0, 0.05) is 39.1 Å². The summed E-state index contributed by atoms with van der Waals surface area (Å²) in [6, 6.07) is 4.37. The van der Waals surface area contributed by atoms with Crippen molar-refractivity contribution in [2.24, 2.45) is 5.92 Å². The highest BCUT2D eigenvalue weighted by Gasteiger charge is 2.35. The number of urea groups is 1. The van der Waals surface area contributed by atoms with E-state index >= 15 is 0 Å². The minimum Gasteiger partial charge on any atom is -0.338 e. The Hall–Kier alpha value is -2.58. The first-order valence-corrected chi connectivity index (χ1v) is 8.16. The molecule has 2 rings (SSSR count). The summed E-state index contributed by atoms with van der Waals surface area (Å²) < 4.78 is 39.9. The third-order valence-electron chi connectivity index (χ3n) is 3.77. The third kappa shape index (κ3) is 5.47. The summed E-state index contributed by atoms with van der Waals surface area (Å²) in [4.78, 5) is 17.6. The molecular weight excluding hydrogens is 347 g/mol. The number of nitrogens with one attached hydrogen (secondary N) is 1. The predicted octanol–water partition coefficient (Wildman–Crippen LogP) is 3.08. The lowest BCUT2D eigenvalue weighted by Crippen LogP contribution is -2.39. The van der Waals surface area contributed by atoms with Crippen LogP contribution in [0.1, 0.15) is 23.9 Å². The SMILES string of the molecule is Cc1cc(C(F)(F)F)n(CC(C)CNC(=O)N(C)Cc2cccnc2)n1. The van der Waals surface area contributed by atoms with Crippen LogP contribution < -0.4 is 5.32 Å². The summed E-state index contributed by atoms with van der Waals surface area (Å²) in [7, 11) is 1.64. The second kappa shape index (κ2) is 8.20. The summed E-state index contributed by atoms with van der Waals surface area (Å²) in [6.45, 7) is 3.98. The Balaban J connectivity index is 1.87. The second-order valence-corrected chi connectivity index (χ2v) is 6.36. The monoisotopic (exact) mass is 369 g/mol. The molecule has 0 aliphatic rings. The van der Waals surface area contributed by atoms with Gasteiger partial charge in [-0.05, 0) is 30.5 Å². The number of carbonyl (C=O) groups excluding carboxylic acids is 1. The van der Waals surface area contributed by atoms with Crippen molar-refractivity contribution in [3.63, 3.8) is 0 Å². The number of hydrogen-bond donors (Lipinski definition) is 1. The van der Waals surface area contributed by atoms with Gasteiger partial charge < -0.3 is 10.2 Å². The molecule has 1 unspecified atom stereocenters. The molecule has 1 N–H and O–H groups in total. The summed E-state index contributed by atoms with van der Waals surface area (Å²) >= 11 is 0. The van der Waals surface area contributed by atoms with Crippen molar-refractivity contribution in [2.45, 2.75) is 33.1 Å². The van der Waals surface area contributed by atoms with Gasteiger partial charge in [0.2, 0.25) is 0 Å². The quantitative estimate of drug-likeness (QED) is 0.851. The van der Waals surface area contributed by atoms with E-state index in [1.54, 1.807) is 32.4 Å². The largest absolute Gasteiger partial charge is 0.433 e. The van der Waals surface area contributed by atoms with Crippen LogP contribution in [0, 0.1) is 12.8 Å². The number of amides is 2. The van der Waals surface area contributed by atoms with Crippen LogP contribution in [0.3, 0.4) is 0 Å². The Morgan fingerprint density at radius 3 is 2.77 bits per heavy atom. The first kappa shape index (κ1) is 19.7. The van der Waals surface area contributed by atoms with Gasteiger partial charge in [0.25, 0.3) is 0 Å². The average Bonchev–Trinajstić information content (AvgIpc) is 2.94. The highest BCUT2D eigenvalue weighted by molar-refractivity contribution is 5.73. The van der Waals surface area contributed by atoms with Crippen LogP contribution in [0.5, 0.6) is 0 Å². The fraction of sp³-hybridized carbons (Fsp3) is 0.471. The summed E-state index contributed by atoms with van der Waals surface area (Å²) in [5.41, 5.74) is 0.423. The molecule has 6 nitrogen and oxygen atoms in total. The van der Waals surface area contributed by atoms with Gasteiger partial charge in [-0.25, -0.2) is 4.79 Å². The molecule has 9 heteroatoms. The molecule has 0 saturated carbocycles. The van der Waals surface area contributed by atoms with Gasteiger partial charge in [0.15, 0.2) is 0 Å². The Morgan fingerprint density at radius 2 is 2.15 bits per heavy atom. The van der Waals surface area contributed by atoms with Gasteiger partial charge in [0.05, 0.1) is 5.69 Å². The first-order valence-electron chi connectivity index (χ1n) is 8.16. The Morgan fingerprint density at radius 1 is 1.42 bits per heavy atom. The van der Waals surface area contributed by atoms with Crippen LogP contribution in [-0.2, 0) is 19.3 Å². The third-order valence-corrected chi connectivity index (χ3v) is 3.77.